The molecule has 0 unspecified atom stereocenters. The van der Waals surface area contributed by atoms with Crippen LogP contribution in [0.25, 0.3) is 11.3 Å². The molecule has 29 heavy (non-hydrogen) atoms. The van der Waals surface area contributed by atoms with Gasteiger partial charge in [-0.2, -0.15) is 5.10 Å². The van der Waals surface area contributed by atoms with E-state index in [2.05, 4.69) is 10.4 Å². The maximum absolute atomic E-state index is 13.0. The molecule has 1 N–H and O–H groups in total. The van der Waals surface area contributed by atoms with Crippen LogP contribution in [0.1, 0.15) is 24.9 Å². The zero-order chi connectivity index (χ0) is 20.8. The third kappa shape index (κ3) is 5.28. The molecule has 0 spiro atoms. The smallest absolute Gasteiger partial charge is 0.266 e. The van der Waals surface area contributed by atoms with Gasteiger partial charge in [0.25, 0.3) is 5.56 Å². The van der Waals surface area contributed by atoms with Crippen LogP contribution in [0.15, 0.2) is 65.5 Å². The Morgan fingerprint density at radius 2 is 1.93 bits per heavy atom. The first-order valence-corrected chi connectivity index (χ1v) is 9.23. The van der Waals surface area contributed by atoms with Gasteiger partial charge in [-0.05, 0) is 42.8 Å². The van der Waals surface area contributed by atoms with Crippen molar-refractivity contribution in [2.75, 3.05) is 7.11 Å². The first kappa shape index (κ1) is 20.3. The average Bonchev–Trinajstić information content (AvgIpc) is 2.73. The van der Waals surface area contributed by atoms with Crippen molar-refractivity contribution in [3.63, 3.8) is 0 Å². The first-order valence-electron chi connectivity index (χ1n) is 9.23. The van der Waals surface area contributed by atoms with E-state index >= 15 is 0 Å². The van der Waals surface area contributed by atoms with Gasteiger partial charge in [0.1, 0.15) is 11.6 Å². The van der Waals surface area contributed by atoms with Crippen molar-refractivity contribution in [3.05, 3.63) is 82.4 Å². The molecule has 6 nitrogen and oxygen atoms in total. The SMILES string of the molecule is COc1cccc(-c2ccc(=O)n(CCC(=O)N[C@@H](C)c3ccc(F)cc3)n2)c1. The summed E-state index contributed by atoms with van der Waals surface area (Å²) in [5.74, 6) is 0.146. The summed E-state index contributed by atoms with van der Waals surface area (Å²) in [5.41, 5.74) is 1.95. The van der Waals surface area contributed by atoms with Crippen LogP contribution in [0.5, 0.6) is 5.75 Å². The van der Waals surface area contributed by atoms with Crippen molar-refractivity contribution in [1.29, 1.82) is 0 Å². The second-order valence-electron chi connectivity index (χ2n) is 6.60. The molecule has 0 radical (unpaired) electrons. The van der Waals surface area contributed by atoms with Crippen molar-refractivity contribution >= 4 is 5.91 Å². The van der Waals surface area contributed by atoms with Crippen LogP contribution >= 0.6 is 0 Å². The molecule has 0 fully saturated rings. The van der Waals surface area contributed by atoms with E-state index in [1.807, 2.05) is 31.2 Å². The van der Waals surface area contributed by atoms with E-state index in [1.54, 1.807) is 25.3 Å². The summed E-state index contributed by atoms with van der Waals surface area (Å²) in [6, 6.07) is 16.1. The average molecular weight is 395 g/mol. The first-order chi connectivity index (χ1) is 14.0. The molecule has 2 aromatic carbocycles. The molecule has 0 aliphatic heterocycles. The highest BCUT2D eigenvalue weighted by Gasteiger charge is 2.11. The van der Waals surface area contributed by atoms with E-state index < -0.39 is 0 Å². The lowest BCUT2D eigenvalue weighted by Gasteiger charge is -2.14. The fourth-order valence-electron chi connectivity index (χ4n) is 2.90. The Balaban J connectivity index is 1.66. The number of halogens is 1. The van der Waals surface area contributed by atoms with Gasteiger partial charge in [0.05, 0.1) is 25.4 Å². The van der Waals surface area contributed by atoms with Crippen LogP contribution < -0.4 is 15.6 Å². The van der Waals surface area contributed by atoms with Gasteiger partial charge in [0.2, 0.25) is 5.91 Å². The third-order valence-corrected chi connectivity index (χ3v) is 4.53. The fourth-order valence-corrected chi connectivity index (χ4v) is 2.90. The van der Waals surface area contributed by atoms with E-state index in [0.717, 1.165) is 11.1 Å². The van der Waals surface area contributed by atoms with Crippen molar-refractivity contribution in [2.45, 2.75) is 25.9 Å². The minimum absolute atomic E-state index is 0.0972. The van der Waals surface area contributed by atoms with Gasteiger partial charge in [-0.3, -0.25) is 9.59 Å². The summed E-state index contributed by atoms with van der Waals surface area (Å²) in [6.45, 7) is 1.97. The number of methoxy groups -OCH3 is 1. The zero-order valence-electron chi connectivity index (χ0n) is 16.3. The lowest BCUT2D eigenvalue weighted by Crippen LogP contribution is -2.30. The molecule has 0 saturated carbocycles. The Kier molecular flexibility index (Phi) is 6.39. The van der Waals surface area contributed by atoms with E-state index in [-0.39, 0.29) is 36.3 Å². The van der Waals surface area contributed by atoms with Gasteiger partial charge < -0.3 is 10.1 Å². The second-order valence-corrected chi connectivity index (χ2v) is 6.60. The summed E-state index contributed by atoms with van der Waals surface area (Å²) in [7, 11) is 1.58. The van der Waals surface area contributed by atoms with Gasteiger partial charge in [-0.15, -0.1) is 0 Å². The molecular weight excluding hydrogens is 373 g/mol. The number of nitrogens with one attached hydrogen (secondary N) is 1. The summed E-state index contributed by atoms with van der Waals surface area (Å²) in [6.07, 6.45) is 0.0972. The van der Waals surface area contributed by atoms with Gasteiger partial charge in [0.15, 0.2) is 0 Å². The topological polar surface area (TPSA) is 73.2 Å². The predicted molar refractivity (Wildman–Crippen MR) is 108 cm³/mol. The molecule has 7 heteroatoms. The number of rotatable bonds is 7. The van der Waals surface area contributed by atoms with Crippen LogP contribution in [0.2, 0.25) is 0 Å². The molecule has 1 amide bonds. The van der Waals surface area contributed by atoms with Crippen LogP contribution in [-0.2, 0) is 11.3 Å². The maximum atomic E-state index is 13.0. The second kappa shape index (κ2) is 9.14. The van der Waals surface area contributed by atoms with Crippen LogP contribution in [0.3, 0.4) is 0 Å². The Morgan fingerprint density at radius 3 is 2.66 bits per heavy atom. The lowest BCUT2D eigenvalue weighted by atomic mass is 10.1. The van der Waals surface area contributed by atoms with Crippen molar-refractivity contribution in [1.82, 2.24) is 15.1 Å². The number of carbonyl (C=O) groups excluding carboxylic acids is 1. The largest absolute Gasteiger partial charge is 0.497 e. The highest BCUT2D eigenvalue weighted by Crippen LogP contribution is 2.21. The Morgan fingerprint density at radius 1 is 1.17 bits per heavy atom. The Bertz CT molecular complexity index is 1050. The molecule has 3 aromatic rings. The number of amides is 1. The standard InChI is InChI=1S/C22H22FN3O3/c1-15(16-6-8-18(23)9-7-16)24-21(27)12-13-26-22(28)11-10-20(25-26)17-4-3-5-19(14-17)29-2/h3-11,14-15H,12-13H2,1-2H3,(H,24,27)/t15-/m0/s1. The summed E-state index contributed by atoms with van der Waals surface area (Å²) in [5, 5.41) is 7.21. The highest BCUT2D eigenvalue weighted by molar-refractivity contribution is 5.76. The van der Waals surface area contributed by atoms with Gasteiger partial charge >= 0.3 is 0 Å². The van der Waals surface area contributed by atoms with Crippen LogP contribution in [0.4, 0.5) is 4.39 Å². The zero-order valence-corrected chi connectivity index (χ0v) is 16.3. The van der Waals surface area contributed by atoms with Crippen molar-refractivity contribution in [3.8, 4) is 17.0 Å². The number of nitrogens with zero attached hydrogens (tertiary/aromatic N) is 2. The molecule has 150 valence electrons. The molecule has 3 rings (SSSR count). The van der Waals surface area contributed by atoms with E-state index in [1.165, 1.54) is 22.9 Å². The summed E-state index contributed by atoms with van der Waals surface area (Å²) in [4.78, 5) is 24.4. The molecule has 1 heterocycles. The van der Waals surface area contributed by atoms with Crippen LogP contribution in [-0.4, -0.2) is 22.8 Å². The van der Waals surface area contributed by atoms with Gasteiger partial charge in [-0.25, -0.2) is 9.07 Å². The van der Waals surface area contributed by atoms with Gasteiger partial charge in [-0.1, -0.05) is 24.3 Å². The molecule has 0 aliphatic rings. The highest BCUT2D eigenvalue weighted by atomic mass is 19.1. The van der Waals surface area contributed by atoms with Crippen molar-refractivity contribution < 1.29 is 13.9 Å². The summed E-state index contributed by atoms with van der Waals surface area (Å²) >= 11 is 0. The van der Waals surface area contributed by atoms with Gasteiger partial charge in [0, 0.05) is 18.1 Å². The summed E-state index contributed by atoms with van der Waals surface area (Å²) < 4.78 is 19.5. The number of hydrogen-bond donors (Lipinski definition) is 1. The number of hydrogen-bond acceptors (Lipinski definition) is 4. The minimum Gasteiger partial charge on any atom is -0.497 e. The van der Waals surface area contributed by atoms with E-state index in [0.29, 0.717) is 11.4 Å². The molecule has 0 bridgehead atoms. The number of ether oxygens (including phenoxy) is 1. The van der Waals surface area contributed by atoms with E-state index in [9.17, 15) is 14.0 Å². The third-order valence-electron chi connectivity index (χ3n) is 4.53. The van der Waals surface area contributed by atoms with E-state index in [4.69, 9.17) is 4.74 Å². The number of benzene rings is 2. The fraction of sp³-hybridized carbons (Fsp3) is 0.227. The Labute approximate surface area is 168 Å². The van der Waals surface area contributed by atoms with Crippen LogP contribution in [0, 0.1) is 5.82 Å². The monoisotopic (exact) mass is 395 g/mol. The normalized spacial score (nSPS) is 11.7. The minimum atomic E-state index is -0.325. The molecular formula is C22H22FN3O3. The molecule has 0 saturated heterocycles. The molecule has 1 atom stereocenters. The number of carbonyl (C=O) groups is 1. The van der Waals surface area contributed by atoms with Crippen molar-refractivity contribution in [2.24, 2.45) is 0 Å². The number of aryl methyl sites for hydroxylation is 1. The maximum Gasteiger partial charge on any atom is 0.266 e. The lowest BCUT2D eigenvalue weighted by molar-refractivity contribution is -0.122. The predicted octanol–water partition coefficient (Wildman–Crippen LogP) is 3.33. The quantitative estimate of drug-likeness (QED) is 0.666. The number of aromatic nitrogens is 2. The molecule has 0 aliphatic carbocycles. The molecule has 1 aromatic heterocycles. The Hall–Kier alpha value is -3.48.